The number of ketones is 1. The number of rotatable bonds is 2. The molecule has 1 aromatic rings. The molecule has 2 saturated carbocycles. The van der Waals surface area contributed by atoms with Gasteiger partial charge in [-0.2, -0.15) is 0 Å². The van der Waals surface area contributed by atoms with Gasteiger partial charge in [-0.05, 0) is 43.5 Å². The van der Waals surface area contributed by atoms with Gasteiger partial charge in [0.25, 0.3) is 0 Å². The van der Waals surface area contributed by atoms with Crippen molar-refractivity contribution in [1.82, 2.24) is 0 Å². The fraction of sp³-hybridized carbons (Fsp3) is 0.562. The van der Waals surface area contributed by atoms with Crippen molar-refractivity contribution in [2.24, 2.45) is 5.41 Å². The van der Waals surface area contributed by atoms with E-state index in [1.54, 1.807) is 19.1 Å². The summed E-state index contributed by atoms with van der Waals surface area (Å²) < 4.78 is 19.2. The molecule has 2 aliphatic carbocycles. The van der Waals surface area contributed by atoms with Gasteiger partial charge in [-0.3, -0.25) is 4.79 Å². The number of carbonyl (C=O) groups excluding carboxylic acids is 1. The average molecular weight is 262 g/mol. The van der Waals surface area contributed by atoms with E-state index >= 15 is 0 Å². The van der Waals surface area contributed by atoms with Crippen molar-refractivity contribution in [3.63, 3.8) is 0 Å². The second kappa shape index (κ2) is 4.62. The summed E-state index contributed by atoms with van der Waals surface area (Å²) in [7, 11) is 0. The quantitative estimate of drug-likeness (QED) is 0.810. The summed E-state index contributed by atoms with van der Waals surface area (Å²) in [6, 6.07) is 4.80. The van der Waals surface area contributed by atoms with Crippen molar-refractivity contribution in [2.75, 3.05) is 0 Å². The minimum atomic E-state index is -0.236. The van der Waals surface area contributed by atoms with Crippen LogP contribution in [0.2, 0.25) is 0 Å². The van der Waals surface area contributed by atoms with Crippen LogP contribution in [0.4, 0.5) is 4.39 Å². The predicted molar refractivity (Wildman–Crippen MR) is 70.7 cm³/mol. The highest BCUT2D eigenvalue weighted by atomic mass is 19.1. The van der Waals surface area contributed by atoms with Crippen LogP contribution in [0.25, 0.3) is 0 Å². The van der Waals surface area contributed by atoms with Gasteiger partial charge in [0.15, 0.2) is 0 Å². The van der Waals surface area contributed by atoms with E-state index in [1.165, 1.54) is 12.5 Å². The molecule has 0 aromatic heterocycles. The van der Waals surface area contributed by atoms with Crippen LogP contribution in [0, 0.1) is 18.2 Å². The summed E-state index contributed by atoms with van der Waals surface area (Å²) in [5.41, 5.74) is 0.349. The molecule has 2 fully saturated rings. The van der Waals surface area contributed by atoms with Gasteiger partial charge in [-0.15, -0.1) is 0 Å². The molecule has 0 aliphatic heterocycles. The highest BCUT2D eigenvalue weighted by Gasteiger charge is 2.56. The third-order valence-electron chi connectivity index (χ3n) is 4.70. The Morgan fingerprint density at radius 3 is 2.63 bits per heavy atom. The Hall–Kier alpha value is -1.38. The summed E-state index contributed by atoms with van der Waals surface area (Å²) in [5, 5.41) is 0. The van der Waals surface area contributed by atoms with Crippen molar-refractivity contribution >= 4 is 5.78 Å². The molecule has 3 heteroatoms. The van der Waals surface area contributed by atoms with Crippen LogP contribution in [0.1, 0.15) is 44.1 Å². The van der Waals surface area contributed by atoms with Gasteiger partial charge in [0.2, 0.25) is 0 Å². The van der Waals surface area contributed by atoms with E-state index in [4.69, 9.17) is 4.74 Å². The minimum Gasteiger partial charge on any atom is -0.489 e. The lowest BCUT2D eigenvalue weighted by molar-refractivity contribution is -0.156. The van der Waals surface area contributed by atoms with Crippen molar-refractivity contribution < 1.29 is 13.9 Å². The summed E-state index contributed by atoms with van der Waals surface area (Å²) in [6.07, 6.45) is 5.87. The minimum absolute atomic E-state index is 0.00911. The summed E-state index contributed by atoms with van der Waals surface area (Å²) >= 11 is 0. The molecule has 0 bridgehead atoms. The van der Waals surface area contributed by atoms with Gasteiger partial charge in [-0.1, -0.05) is 19.3 Å². The van der Waals surface area contributed by atoms with Crippen molar-refractivity contribution in [2.45, 2.75) is 51.6 Å². The molecule has 0 heterocycles. The molecule has 102 valence electrons. The zero-order chi connectivity index (χ0) is 13.5. The molecule has 1 aromatic carbocycles. The predicted octanol–water partition coefficient (Wildman–Crippen LogP) is 3.80. The Bertz CT molecular complexity index is 503. The number of Topliss-reactive ketones (excluding diaryl/α,β-unsaturated/α-hetero) is 1. The Kier molecular flexibility index (Phi) is 3.08. The van der Waals surface area contributed by atoms with E-state index < -0.39 is 0 Å². The second-order valence-corrected chi connectivity index (χ2v) is 5.86. The third-order valence-corrected chi connectivity index (χ3v) is 4.70. The molecule has 1 atom stereocenters. The first-order valence-electron chi connectivity index (χ1n) is 7.08. The Morgan fingerprint density at radius 2 is 2.00 bits per heavy atom. The van der Waals surface area contributed by atoms with Crippen molar-refractivity contribution in [3.8, 4) is 5.75 Å². The van der Waals surface area contributed by atoms with Gasteiger partial charge in [0.05, 0.1) is 5.41 Å². The van der Waals surface area contributed by atoms with Crippen molar-refractivity contribution in [1.29, 1.82) is 0 Å². The summed E-state index contributed by atoms with van der Waals surface area (Å²) in [6.45, 7) is 1.73. The lowest BCUT2D eigenvalue weighted by Gasteiger charge is -2.49. The highest BCUT2D eigenvalue weighted by molar-refractivity contribution is 5.92. The van der Waals surface area contributed by atoms with Gasteiger partial charge in [0.1, 0.15) is 23.5 Å². The number of ether oxygens (including phenoxy) is 1. The van der Waals surface area contributed by atoms with Gasteiger partial charge >= 0.3 is 0 Å². The summed E-state index contributed by atoms with van der Waals surface area (Å²) in [4.78, 5) is 12.0. The molecule has 2 nitrogen and oxygen atoms in total. The van der Waals surface area contributed by atoms with Crippen LogP contribution < -0.4 is 4.74 Å². The third kappa shape index (κ3) is 2.05. The highest BCUT2D eigenvalue weighted by Crippen LogP contribution is 2.50. The smallest absolute Gasteiger partial charge is 0.146 e. The number of halogens is 1. The monoisotopic (exact) mass is 262 g/mol. The lowest BCUT2D eigenvalue weighted by Crippen LogP contribution is -2.57. The first-order chi connectivity index (χ1) is 9.12. The maximum atomic E-state index is 13.2. The first kappa shape index (κ1) is 12.6. The van der Waals surface area contributed by atoms with Crippen LogP contribution in [0.15, 0.2) is 18.2 Å². The normalized spacial score (nSPS) is 25.2. The fourth-order valence-corrected chi connectivity index (χ4v) is 3.41. The number of hydrogen-bond donors (Lipinski definition) is 0. The van der Waals surface area contributed by atoms with Gasteiger partial charge < -0.3 is 4.74 Å². The molecule has 3 rings (SSSR count). The van der Waals surface area contributed by atoms with E-state index in [0.717, 1.165) is 25.7 Å². The average Bonchev–Trinajstić information content (AvgIpc) is 2.43. The molecular formula is C16H19FO2. The van der Waals surface area contributed by atoms with E-state index in [1.807, 2.05) is 0 Å². The zero-order valence-corrected chi connectivity index (χ0v) is 11.2. The zero-order valence-electron chi connectivity index (χ0n) is 11.2. The van der Waals surface area contributed by atoms with E-state index in [9.17, 15) is 9.18 Å². The van der Waals surface area contributed by atoms with Crippen LogP contribution in [-0.2, 0) is 4.79 Å². The van der Waals surface area contributed by atoms with Crippen molar-refractivity contribution in [3.05, 3.63) is 29.6 Å². The molecule has 1 unspecified atom stereocenters. The molecule has 1 spiro atoms. The number of carbonyl (C=O) groups is 1. The number of benzene rings is 1. The number of hydrogen-bond acceptors (Lipinski definition) is 2. The molecule has 0 amide bonds. The van der Waals surface area contributed by atoms with Gasteiger partial charge in [0, 0.05) is 6.42 Å². The molecule has 0 N–H and O–H groups in total. The first-order valence-corrected chi connectivity index (χ1v) is 7.08. The summed E-state index contributed by atoms with van der Waals surface area (Å²) in [5.74, 6) is 0.821. The molecule has 2 aliphatic rings. The maximum absolute atomic E-state index is 13.2. The Balaban J connectivity index is 1.76. The van der Waals surface area contributed by atoms with Crippen LogP contribution in [0.5, 0.6) is 5.75 Å². The second-order valence-electron chi connectivity index (χ2n) is 5.86. The SMILES string of the molecule is Cc1cc(OC2CC(=O)C23CCCCC3)ccc1F. The fourth-order valence-electron chi connectivity index (χ4n) is 3.41. The number of aryl methyl sites for hydroxylation is 1. The Morgan fingerprint density at radius 1 is 1.26 bits per heavy atom. The largest absolute Gasteiger partial charge is 0.489 e. The molecule has 0 saturated heterocycles. The molecule has 0 radical (unpaired) electrons. The maximum Gasteiger partial charge on any atom is 0.146 e. The van der Waals surface area contributed by atoms with E-state index in [2.05, 4.69) is 0 Å². The van der Waals surface area contributed by atoms with Crippen LogP contribution >= 0.6 is 0 Å². The molecular weight excluding hydrogens is 243 g/mol. The Labute approximate surface area is 113 Å². The lowest BCUT2D eigenvalue weighted by atomic mass is 9.57. The van der Waals surface area contributed by atoms with Crippen LogP contribution in [-0.4, -0.2) is 11.9 Å². The van der Waals surface area contributed by atoms with Gasteiger partial charge in [-0.25, -0.2) is 4.39 Å². The standard InChI is InChI=1S/C16H19FO2/c1-11-9-12(5-6-13(11)17)19-15-10-14(18)16(15)7-3-2-4-8-16/h5-6,9,15H,2-4,7-8,10H2,1H3. The van der Waals surface area contributed by atoms with Crippen LogP contribution in [0.3, 0.4) is 0 Å². The van der Waals surface area contributed by atoms with E-state index in [0.29, 0.717) is 23.5 Å². The molecule has 19 heavy (non-hydrogen) atoms. The topological polar surface area (TPSA) is 26.3 Å². The van der Waals surface area contributed by atoms with E-state index in [-0.39, 0.29) is 17.3 Å².